The van der Waals surface area contributed by atoms with Crippen LogP contribution in [-0.4, -0.2) is 29.7 Å². The number of fused-ring (bicyclic) bond motifs is 3. The zero-order valence-electron chi connectivity index (χ0n) is 15.9. The Bertz CT molecular complexity index is 1160. The lowest BCUT2D eigenvalue weighted by molar-refractivity contribution is 0.112. The number of hydrogen-bond acceptors (Lipinski definition) is 4. The molecule has 0 atom stereocenters. The Hall–Kier alpha value is -3.60. The Kier molecular flexibility index (Phi) is 4.81. The van der Waals surface area contributed by atoms with Gasteiger partial charge in [0.25, 0.3) is 0 Å². The maximum Gasteiger partial charge on any atom is 0.151 e. The highest BCUT2D eigenvalue weighted by molar-refractivity contribution is 6.15. The van der Waals surface area contributed by atoms with Gasteiger partial charge < -0.3 is 4.98 Å². The molecule has 140 valence electrons. The van der Waals surface area contributed by atoms with Crippen molar-refractivity contribution in [3.8, 4) is 0 Å². The predicted octanol–water partition coefficient (Wildman–Crippen LogP) is 4.99. The van der Waals surface area contributed by atoms with Gasteiger partial charge in [-0.05, 0) is 36.2 Å². The van der Waals surface area contributed by atoms with Gasteiger partial charge in [-0.1, -0.05) is 43.3 Å². The van der Waals surface area contributed by atoms with E-state index in [1.54, 1.807) is 11.3 Å². The van der Waals surface area contributed by atoms with Crippen LogP contribution in [0, 0.1) is 0 Å². The average molecular weight is 370 g/mol. The number of hydrazone groups is 1. The number of nitrogens with zero attached hydrogens (tertiary/aromatic N) is 2. The van der Waals surface area contributed by atoms with E-state index in [4.69, 9.17) is 0 Å². The molecule has 0 spiro atoms. The Morgan fingerprint density at radius 1 is 1.04 bits per heavy atom. The molecule has 4 rings (SSSR count). The maximum absolute atomic E-state index is 11.9. The molecule has 0 aliphatic carbocycles. The molecular weight excluding hydrogens is 348 g/mol. The number of aromatic nitrogens is 1. The third kappa shape index (κ3) is 3.22. The van der Waals surface area contributed by atoms with E-state index in [0.717, 1.165) is 51.3 Å². The van der Waals surface area contributed by atoms with Gasteiger partial charge in [-0.25, -0.2) is 5.12 Å². The number of hydrogen-bond donors (Lipinski definition) is 2. The minimum Gasteiger partial charge on any atom is -0.354 e. The molecule has 0 aliphatic heterocycles. The standard InChI is InChI=1S/C23H22N4O/c1-3-16-13-19-18-11-7-8-12-22(18)25-23(19)20(21(16)15-28)14-24-27(2)26-17-9-5-4-6-10-17/h4-15,25-26H,3H2,1-2H3. The number of carbonyl (C=O) groups is 1. The summed E-state index contributed by atoms with van der Waals surface area (Å²) in [4.78, 5) is 15.4. The molecule has 0 amide bonds. The van der Waals surface area contributed by atoms with Crippen molar-refractivity contribution in [1.29, 1.82) is 0 Å². The molecule has 0 aliphatic rings. The Morgan fingerprint density at radius 3 is 2.54 bits per heavy atom. The molecule has 5 heteroatoms. The lowest BCUT2D eigenvalue weighted by Crippen LogP contribution is -2.19. The van der Waals surface area contributed by atoms with Crippen LogP contribution < -0.4 is 5.43 Å². The van der Waals surface area contributed by atoms with Crippen LogP contribution in [0.5, 0.6) is 0 Å². The first-order valence-corrected chi connectivity index (χ1v) is 9.32. The number of carbonyl (C=O) groups excluding carboxylic acids is 1. The van der Waals surface area contributed by atoms with Crippen molar-refractivity contribution in [3.63, 3.8) is 0 Å². The maximum atomic E-state index is 11.9. The van der Waals surface area contributed by atoms with E-state index in [0.29, 0.717) is 5.56 Å². The van der Waals surface area contributed by atoms with Gasteiger partial charge in [0, 0.05) is 34.5 Å². The van der Waals surface area contributed by atoms with Crippen molar-refractivity contribution in [3.05, 3.63) is 77.4 Å². The molecule has 3 aromatic carbocycles. The number of anilines is 1. The molecular formula is C23H22N4O. The molecule has 1 heterocycles. The summed E-state index contributed by atoms with van der Waals surface area (Å²) in [6, 6.07) is 20.1. The van der Waals surface area contributed by atoms with E-state index in [1.165, 1.54) is 0 Å². The third-order valence-electron chi connectivity index (χ3n) is 4.89. The van der Waals surface area contributed by atoms with Crippen LogP contribution in [0.4, 0.5) is 5.69 Å². The number of H-pyrrole nitrogens is 1. The Balaban J connectivity index is 1.81. The summed E-state index contributed by atoms with van der Waals surface area (Å²) < 4.78 is 0. The summed E-state index contributed by atoms with van der Waals surface area (Å²) in [6.07, 6.45) is 3.45. The van der Waals surface area contributed by atoms with Crippen molar-refractivity contribution in [2.45, 2.75) is 13.3 Å². The second-order valence-electron chi connectivity index (χ2n) is 6.67. The van der Waals surface area contributed by atoms with Crippen LogP contribution in [0.2, 0.25) is 0 Å². The number of para-hydroxylation sites is 2. The van der Waals surface area contributed by atoms with Gasteiger partial charge in [0.1, 0.15) is 0 Å². The highest BCUT2D eigenvalue weighted by Gasteiger charge is 2.15. The number of aldehydes is 1. The second-order valence-corrected chi connectivity index (χ2v) is 6.67. The van der Waals surface area contributed by atoms with Gasteiger partial charge in [0.15, 0.2) is 6.29 Å². The fourth-order valence-corrected chi connectivity index (χ4v) is 3.52. The van der Waals surface area contributed by atoms with Crippen molar-refractivity contribution < 1.29 is 4.79 Å². The number of nitrogens with one attached hydrogen (secondary N) is 2. The van der Waals surface area contributed by atoms with E-state index < -0.39 is 0 Å². The minimum absolute atomic E-state index is 0.679. The summed E-state index contributed by atoms with van der Waals surface area (Å²) in [7, 11) is 1.83. The molecule has 0 fully saturated rings. The monoisotopic (exact) mass is 370 g/mol. The topological polar surface area (TPSA) is 60.5 Å². The van der Waals surface area contributed by atoms with Crippen molar-refractivity contribution in [1.82, 2.24) is 10.1 Å². The Labute approximate surface area is 163 Å². The SMILES string of the molecule is CCc1cc2c([nH]c3ccccc32)c(C=NN(C)Nc2ccccc2)c1C=O. The lowest BCUT2D eigenvalue weighted by atomic mass is 9.96. The van der Waals surface area contributed by atoms with Gasteiger partial charge in [-0.3, -0.25) is 10.2 Å². The van der Waals surface area contributed by atoms with E-state index in [2.05, 4.69) is 34.6 Å². The predicted molar refractivity (Wildman–Crippen MR) is 116 cm³/mol. The van der Waals surface area contributed by atoms with Gasteiger partial charge in [-0.15, -0.1) is 0 Å². The molecule has 0 bridgehead atoms. The summed E-state index contributed by atoms with van der Waals surface area (Å²) in [6.45, 7) is 2.06. The fraction of sp³-hybridized carbons (Fsp3) is 0.130. The highest BCUT2D eigenvalue weighted by Crippen LogP contribution is 2.31. The quantitative estimate of drug-likeness (QED) is 0.286. The second kappa shape index (κ2) is 7.56. The number of aromatic amines is 1. The molecule has 0 unspecified atom stereocenters. The van der Waals surface area contributed by atoms with Crippen LogP contribution >= 0.6 is 0 Å². The molecule has 2 N–H and O–H groups in total. The largest absolute Gasteiger partial charge is 0.354 e. The normalized spacial score (nSPS) is 11.4. The van der Waals surface area contributed by atoms with E-state index in [-0.39, 0.29) is 0 Å². The molecule has 5 nitrogen and oxygen atoms in total. The first kappa shape index (κ1) is 17.8. The number of aryl methyl sites for hydroxylation is 1. The van der Waals surface area contributed by atoms with Crippen LogP contribution in [0.15, 0.2) is 65.8 Å². The van der Waals surface area contributed by atoms with Crippen LogP contribution in [0.25, 0.3) is 21.8 Å². The van der Waals surface area contributed by atoms with Crippen LogP contribution in [0.3, 0.4) is 0 Å². The molecule has 0 saturated carbocycles. The fourth-order valence-electron chi connectivity index (χ4n) is 3.52. The van der Waals surface area contributed by atoms with Gasteiger partial charge >= 0.3 is 0 Å². The number of hydrazine groups is 1. The van der Waals surface area contributed by atoms with Gasteiger partial charge in [-0.2, -0.15) is 5.10 Å². The molecule has 28 heavy (non-hydrogen) atoms. The first-order valence-electron chi connectivity index (χ1n) is 9.32. The molecule has 1 aromatic heterocycles. The van der Waals surface area contributed by atoms with Gasteiger partial charge in [0.05, 0.1) is 17.4 Å². The summed E-state index contributed by atoms with van der Waals surface area (Å²) in [5, 5.41) is 8.41. The Morgan fingerprint density at radius 2 is 1.79 bits per heavy atom. The third-order valence-corrected chi connectivity index (χ3v) is 4.89. The van der Waals surface area contributed by atoms with Gasteiger partial charge in [0.2, 0.25) is 0 Å². The van der Waals surface area contributed by atoms with E-state index in [1.807, 2.05) is 55.6 Å². The first-order chi connectivity index (χ1) is 13.7. The number of rotatable bonds is 6. The number of benzene rings is 3. The molecule has 4 aromatic rings. The minimum atomic E-state index is 0.679. The summed E-state index contributed by atoms with van der Waals surface area (Å²) in [5.74, 6) is 0. The zero-order chi connectivity index (χ0) is 19.5. The highest BCUT2D eigenvalue weighted by atomic mass is 16.1. The smallest absolute Gasteiger partial charge is 0.151 e. The van der Waals surface area contributed by atoms with Crippen molar-refractivity contribution in [2.75, 3.05) is 12.5 Å². The summed E-state index contributed by atoms with van der Waals surface area (Å²) >= 11 is 0. The van der Waals surface area contributed by atoms with E-state index in [9.17, 15) is 4.79 Å². The van der Waals surface area contributed by atoms with Crippen LogP contribution in [0.1, 0.15) is 28.4 Å². The van der Waals surface area contributed by atoms with Crippen LogP contribution in [-0.2, 0) is 6.42 Å². The van der Waals surface area contributed by atoms with E-state index >= 15 is 0 Å². The van der Waals surface area contributed by atoms with Crippen molar-refractivity contribution in [2.24, 2.45) is 5.10 Å². The molecule has 0 radical (unpaired) electrons. The average Bonchev–Trinajstić information content (AvgIpc) is 3.10. The zero-order valence-corrected chi connectivity index (χ0v) is 15.9. The summed E-state index contributed by atoms with van der Waals surface area (Å²) in [5.41, 5.74) is 8.61. The lowest BCUT2D eigenvalue weighted by Gasteiger charge is -2.16. The molecule has 0 saturated heterocycles. The van der Waals surface area contributed by atoms with Crippen molar-refractivity contribution >= 4 is 40.0 Å².